The van der Waals surface area contributed by atoms with Crippen molar-refractivity contribution in [2.45, 2.75) is 26.4 Å². The number of anilines is 1. The van der Waals surface area contributed by atoms with E-state index in [1.807, 2.05) is 50.2 Å². The van der Waals surface area contributed by atoms with E-state index in [-0.39, 0.29) is 17.9 Å². The molecule has 1 fully saturated rings. The van der Waals surface area contributed by atoms with Gasteiger partial charge >= 0.3 is 6.03 Å². The fraction of sp³-hybridized carbons (Fsp3) is 0.409. The zero-order valence-electron chi connectivity index (χ0n) is 17.3. The first-order valence-corrected chi connectivity index (χ1v) is 10.5. The predicted octanol–water partition coefficient (Wildman–Crippen LogP) is 2.91. The first-order chi connectivity index (χ1) is 14.4. The molecule has 1 atom stereocenters. The number of hydrogen-bond donors (Lipinski definition) is 2. The van der Waals surface area contributed by atoms with Crippen LogP contribution in [-0.2, 0) is 11.3 Å². The average molecular weight is 430 g/mol. The minimum atomic E-state index is -0.589. The number of nitrogens with one attached hydrogen (secondary N) is 2. The second-order valence-corrected chi connectivity index (χ2v) is 8.13. The Bertz CT molecular complexity index is 836. The summed E-state index contributed by atoms with van der Waals surface area (Å²) in [6.07, 6.45) is 3.37. The first kappa shape index (κ1) is 21.9. The number of aromatic nitrogens is 1. The minimum absolute atomic E-state index is 0.0262. The molecule has 0 bridgehead atoms. The predicted molar refractivity (Wildman–Crippen MR) is 118 cm³/mol. The molecule has 3 amide bonds. The summed E-state index contributed by atoms with van der Waals surface area (Å²) in [5.74, 6) is -0.211. The van der Waals surface area contributed by atoms with Gasteiger partial charge in [-0.1, -0.05) is 25.4 Å². The number of piperazine rings is 1. The average Bonchev–Trinajstić information content (AvgIpc) is 2.77. The number of halogens is 1. The molecule has 30 heavy (non-hydrogen) atoms. The molecule has 0 aliphatic carbocycles. The molecule has 2 heterocycles. The van der Waals surface area contributed by atoms with Gasteiger partial charge in [0.15, 0.2) is 0 Å². The van der Waals surface area contributed by atoms with Crippen molar-refractivity contribution in [2.75, 3.05) is 31.1 Å². The molecule has 3 rings (SSSR count). The van der Waals surface area contributed by atoms with Gasteiger partial charge in [-0.2, -0.15) is 0 Å². The standard InChI is InChI=1S/C22H28ClN5O2/c1-16(2)20(21(29)25-15-17-7-9-24-10-8-17)26-22(30)28-13-11-27(12-14-28)19-5-3-18(23)4-6-19/h3-10,16,20H,11-15H2,1-2H3,(H,25,29)(H,26,30)/t20-/m1/s1. The van der Waals surface area contributed by atoms with Gasteiger partial charge in [0.05, 0.1) is 0 Å². The van der Waals surface area contributed by atoms with Crippen LogP contribution in [0.15, 0.2) is 48.8 Å². The Labute approximate surface area is 182 Å². The lowest BCUT2D eigenvalue weighted by molar-refractivity contribution is -0.124. The fourth-order valence-corrected chi connectivity index (χ4v) is 3.50. The normalized spacial score (nSPS) is 15.1. The van der Waals surface area contributed by atoms with Gasteiger partial charge in [0.2, 0.25) is 5.91 Å². The van der Waals surface area contributed by atoms with Gasteiger partial charge in [-0.15, -0.1) is 0 Å². The molecule has 2 N–H and O–H groups in total. The Morgan fingerprint density at radius 2 is 1.67 bits per heavy atom. The first-order valence-electron chi connectivity index (χ1n) is 10.2. The molecular weight excluding hydrogens is 402 g/mol. The van der Waals surface area contributed by atoms with Crippen LogP contribution in [0.3, 0.4) is 0 Å². The van der Waals surface area contributed by atoms with Crippen LogP contribution in [0.1, 0.15) is 19.4 Å². The zero-order chi connectivity index (χ0) is 21.5. The summed E-state index contributed by atoms with van der Waals surface area (Å²) in [7, 11) is 0. The highest BCUT2D eigenvalue weighted by Crippen LogP contribution is 2.19. The van der Waals surface area contributed by atoms with Crippen molar-refractivity contribution in [1.29, 1.82) is 0 Å². The quantitative estimate of drug-likeness (QED) is 0.740. The maximum absolute atomic E-state index is 12.8. The van der Waals surface area contributed by atoms with E-state index in [2.05, 4.69) is 20.5 Å². The van der Waals surface area contributed by atoms with Crippen molar-refractivity contribution in [3.63, 3.8) is 0 Å². The van der Waals surface area contributed by atoms with Crippen LogP contribution in [0.5, 0.6) is 0 Å². The fourth-order valence-electron chi connectivity index (χ4n) is 3.38. The van der Waals surface area contributed by atoms with Crippen LogP contribution in [0.4, 0.5) is 10.5 Å². The molecule has 1 aromatic carbocycles. The number of carbonyl (C=O) groups excluding carboxylic acids is 2. The van der Waals surface area contributed by atoms with Crippen molar-refractivity contribution >= 4 is 29.2 Å². The summed E-state index contributed by atoms with van der Waals surface area (Å²) >= 11 is 5.96. The van der Waals surface area contributed by atoms with Gasteiger partial charge in [0, 0.05) is 55.8 Å². The lowest BCUT2D eigenvalue weighted by Crippen LogP contribution is -2.57. The Hall–Kier alpha value is -2.80. The largest absolute Gasteiger partial charge is 0.368 e. The molecular formula is C22H28ClN5O2. The molecule has 1 aliphatic rings. The molecule has 1 aromatic heterocycles. The highest BCUT2D eigenvalue weighted by molar-refractivity contribution is 6.30. The molecule has 0 unspecified atom stereocenters. The second kappa shape index (κ2) is 10.3. The van der Waals surface area contributed by atoms with E-state index in [9.17, 15) is 9.59 Å². The summed E-state index contributed by atoms with van der Waals surface area (Å²) in [5.41, 5.74) is 2.06. The Kier molecular flexibility index (Phi) is 7.52. The van der Waals surface area contributed by atoms with Crippen LogP contribution in [0.25, 0.3) is 0 Å². The summed E-state index contributed by atoms with van der Waals surface area (Å²) in [5, 5.41) is 6.52. The SMILES string of the molecule is CC(C)[C@@H](NC(=O)N1CCN(c2ccc(Cl)cc2)CC1)C(=O)NCc1ccncc1. The molecule has 160 valence electrons. The Balaban J connectivity index is 1.51. The third-order valence-corrected chi connectivity index (χ3v) is 5.45. The molecule has 7 nitrogen and oxygen atoms in total. The topological polar surface area (TPSA) is 77.6 Å². The van der Waals surface area contributed by atoms with Crippen molar-refractivity contribution < 1.29 is 9.59 Å². The molecule has 0 radical (unpaired) electrons. The summed E-state index contributed by atoms with van der Waals surface area (Å²) in [6, 6.07) is 10.6. The second-order valence-electron chi connectivity index (χ2n) is 7.69. The number of pyridine rings is 1. The number of amides is 3. The number of nitrogens with zero attached hydrogens (tertiary/aromatic N) is 3. The van der Waals surface area contributed by atoms with Crippen molar-refractivity contribution in [2.24, 2.45) is 5.92 Å². The van der Waals surface area contributed by atoms with E-state index in [0.29, 0.717) is 24.7 Å². The van der Waals surface area contributed by atoms with Crippen LogP contribution in [0.2, 0.25) is 5.02 Å². The Morgan fingerprint density at radius 1 is 1.03 bits per heavy atom. The van der Waals surface area contributed by atoms with E-state index < -0.39 is 6.04 Å². The maximum Gasteiger partial charge on any atom is 0.318 e. The van der Waals surface area contributed by atoms with Gasteiger partial charge in [-0.05, 0) is 47.9 Å². The van der Waals surface area contributed by atoms with E-state index in [4.69, 9.17) is 11.6 Å². The van der Waals surface area contributed by atoms with E-state index >= 15 is 0 Å². The summed E-state index contributed by atoms with van der Waals surface area (Å²) < 4.78 is 0. The van der Waals surface area contributed by atoms with Gasteiger partial charge in [-0.25, -0.2) is 4.79 Å². The van der Waals surface area contributed by atoms with Gasteiger partial charge in [0.1, 0.15) is 6.04 Å². The van der Waals surface area contributed by atoms with E-state index in [0.717, 1.165) is 24.3 Å². The number of carbonyl (C=O) groups is 2. The third-order valence-electron chi connectivity index (χ3n) is 5.20. The molecule has 1 aliphatic heterocycles. The van der Waals surface area contributed by atoms with Gasteiger partial charge in [-0.3, -0.25) is 9.78 Å². The van der Waals surface area contributed by atoms with Crippen molar-refractivity contribution in [1.82, 2.24) is 20.5 Å². The van der Waals surface area contributed by atoms with E-state index in [1.165, 1.54) is 0 Å². The summed E-state index contributed by atoms with van der Waals surface area (Å²) in [4.78, 5) is 33.4. The lowest BCUT2D eigenvalue weighted by atomic mass is 10.0. The molecule has 0 spiro atoms. The number of urea groups is 1. The maximum atomic E-state index is 12.8. The zero-order valence-corrected chi connectivity index (χ0v) is 18.1. The van der Waals surface area contributed by atoms with Crippen LogP contribution >= 0.6 is 11.6 Å². The molecule has 0 saturated carbocycles. The van der Waals surface area contributed by atoms with Crippen LogP contribution in [-0.4, -0.2) is 54.0 Å². The minimum Gasteiger partial charge on any atom is -0.368 e. The monoisotopic (exact) mass is 429 g/mol. The molecule has 1 saturated heterocycles. The smallest absolute Gasteiger partial charge is 0.318 e. The van der Waals surface area contributed by atoms with Gasteiger partial charge in [0.25, 0.3) is 0 Å². The van der Waals surface area contributed by atoms with Crippen LogP contribution in [0, 0.1) is 5.92 Å². The Morgan fingerprint density at radius 3 is 2.27 bits per heavy atom. The molecule has 8 heteroatoms. The van der Waals surface area contributed by atoms with Crippen molar-refractivity contribution in [3.05, 3.63) is 59.4 Å². The summed E-state index contributed by atoms with van der Waals surface area (Å²) in [6.45, 7) is 6.91. The highest BCUT2D eigenvalue weighted by Gasteiger charge is 2.28. The number of rotatable bonds is 6. The number of hydrogen-bond acceptors (Lipinski definition) is 4. The number of benzene rings is 1. The lowest BCUT2D eigenvalue weighted by Gasteiger charge is -2.37. The van der Waals surface area contributed by atoms with Crippen molar-refractivity contribution in [3.8, 4) is 0 Å². The third kappa shape index (κ3) is 5.86. The van der Waals surface area contributed by atoms with Crippen LogP contribution < -0.4 is 15.5 Å². The van der Waals surface area contributed by atoms with Gasteiger partial charge < -0.3 is 20.4 Å². The highest BCUT2D eigenvalue weighted by atomic mass is 35.5. The van der Waals surface area contributed by atoms with E-state index in [1.54, 1.807) is 17.3 Å². The molecule has 2 aromatic rings.